The highest BCUT2D eigenvalue weighted by Crippen LogP contribution is 2.28. The van der Waals surface area contributed by atoms with Crippen LogP contribution in [0.4, 0.5) is 5.69 Å². The third-order valence-electron chi connectivity index (χ3n) is 4.94. The van der Waals surface area contributed by atoms with Crippen LogP contribution in [-0.2, 0) is 26.2 Å². The van der Waals surface area contributed by atoms with Crippen molar-refractivity contribution in [2.24, 2.45) is 0 Å². The molecular formula is C21H25N3O6S. The molecule has 0 saturated carbocycles. The van der Waals surface area contributed by atoms with E-state index in [0.29, 0.717) is 35.8 Å². The minimum Gasteiger partial charge on any atom is -0.497 e. The first kappa shape index (κ1) is 22.6. The second-order valence-corrected chi connectivity index (χ2v) is 8.90. The first-order chi connectivity index (χ1) is 14.8. The van der Waals surface area contributed by atoms with Gasteiger partial charge in [0.25, 0.3) is 0 Å². The van der Waals surface area contributed by atoms with Gasteiger partial charge in [0.15, 0.2) is 0 Å². The molecule has 1 aliphatic rings. The third kappa shape index (κ3) is 5.33. The first-order valence-electron chi connectivity index (χ1n) is 9.75. The minimum atomic E-state index is -3.49. The summed E-state index contributed by atoms with van der Waals surface area (Å²) in [5.74, 6) is -0.810. The number of methoxy groups -OCH3 is 2. The second kappa shape index (κ2) is 9.80. The number of nitrogens with one attached hydrogen (secondary N) is 2. The van der Waals surface area contributed by atoms with Crippen LogP contribution in [0, 0.1) is 0 Å². The van der Waals surface area contributed by atoms with E-state index in [0.717, 1.165) is 12.8 Å². The fourth-order valence-electron chi connectivity index (χ4n) is 3.21. The van der Waals surface area contributed by atoms with Crippen LogP contribution in [-0.4, -0.2) is 51.8 Å². The molecule has 0 aliphatic carbocycles. The Morgan fingerprint density at radius 2 is 1.65 bits per heavy atom. The molecule has 9 nitrogen and oxygen atoms in total. The molecule has 2 aromatic carbocycles. The molecule has 3 rings (SSSR count). The fourth-order valence-corrected chi connectivity index (χ4v) is 4.73. The molecule has 1 heterocycles. The molecule has 166 valence electrons. The molecule has 2 N–H and O–H groups in total. The van der Waals surface area contributed by atoms with Gasteiger partial charge in [-0.2, -0.15) is 4.31 Å². The largest absolute Gasteiger partial charge is 0.497 e. The van der Waals surface area contributed by atoms with Gasteiger partial charge in [-0.3, -0.25) is 9.59 Å². The van der Waals surface area contributed by atoms with E-state index >= 15 is 0 Å². The Bertz CT molecular complexity index is 1050. The highest BCUT2D eigenvalue weighted by molar-refractivity contribution is 7.89. The molecule has 1 fully saturated rings. The summed E-state index contributed by atoms with van der Waals surface area (Å²) >= 11 is 0. The zero-order valence-corrected chi connectivity index (χ0v) is 18.2. The van der Waals surface area contributed by atoms with Crippen molar-refractivity contribution in [2.75, 3.05) is 32.6 Å². The van der Waals surface area contributed by atoms with Crippen molar-refractivity contribution in [3.63, 3.8) is 0 Å². The summed E-state index contributed by atoms with van der Waals surface area (Å²) in [5.41, 5.74) is 0.971. The van der Waals surface area contributed by atoms with Crippen LogP contribution in [0.25, 0.3) is 0 Å². The van der Waals surface area contributed by atoms with Crippen LogP contribution >= 0.6 is 0 Å². The standard InChI is InChI=1S/C21H25N3O6S/c1-29-16-7-10-19(30-2)18(13-16)23-21(26)20(25)22-14-15-5-8-17(9-6-15)31(27,28)24-11-3-4-12-24/h5-10,13H,3-4,11-12,14H2,1-2H3,(H,22,25)(H,23,26). The minimum absolute atomic E-state index is 0.0749. The zero-order chi connectivity index (χ0) is 22.4. The Morgan fingerprint density at radius 3 is 2.26 bits per heavy atom. The van der Waals surface area contributed by atoms with Crippen LogP contribution < -0.4 is 20.1 Å². The van der Waals surface area contributed by atoms with Crippen molar-refractivity contribution in [3.05, 3.63) is 48.0 Å². The number of ether oxygens (including phenoxy) is 2. The van der Waals surface area contributed by atoms with Crippen molar-refractivity contribution in [1.82, 2.24) is 9.62 Å². The van der Waals surface area contributed by atoms with Crippen LogP contribution in [0.1, 0.15) is 18.4 Å². The number of amides is 2. The van der Waals surface area contributed by atoms with E-state index in [9.17, 15) is 18.0 Å². The van der Waals surface area contributed by atoms with Crippen molar-refractivity contribution in [2.45, 2.75) is 24.3 Å². The van der Waals surface area contributed by atoms with Crippen LogP contribution in [0.2, 0.25) is 0 Å². The first-order valence-corrected chi connectivity index (χ1v) is 11.2. The highest BCUT2D eigenvalue weighted by atomic mass is 32.2. The summed E-state index contributed by atoms with van der Waals surface area (Å²) < 4.78 is 36.9. The molecule has 2 amide bonds. The molecule has 1 aliphatic heterocycles. The second-order valence-electron chi connectivity index (χ2n) is 6.96. The summed E-state index contributed by atoms with van der Waals surface area (Å²) in [6, 6.07) is 11.1. The van der Waals surface area contributed by atoms with E-state index in [2.05, 4.69) is 10.6 Å². The van der Waals surface area contributed by atoms with Gasteiger partial charge in [0, 0.05) is 25.7 Å². The predicted molar refractivity (Wildman–Crippen MR) is 114 cm³/mol. The van der Waals surface area contributed by atoms with Gasteiger partial charge in [-0.25, -0.2) is 8.42 Å². The average molecular weight is 448 g/mol. The zero-order valence-electron chi connectivity index (χ0n) is 17.4. The Balaban J connectivity index is 1.59. The lowest BCUT2D eigenvalue weighted by molar-refractivity contribution is -0.136. The van der Waals surface area contributed by atoms with E-state index in [-0.39, 0.29) is 11.4 Å². The Hall–Kier alpha value is -3.11. The normalized spacial score (nSPS) is 14.1. The lowest BCUT2D eigenvalue weighted by Crippen LogP contribution is -2.35. The van der Waals surface area contributed by atoms with Crippen molar-refractivity contribution >= 4 is 27.5 Å². The van der Waals surface area contributed by atoms with Gasteiger partial charge >= 0.3 is 11.8 Å². The van der Waals surface area contributed by atoms with Gasteiger partial charge < -0.3 is 20.1 Å². The van der Waals surface area contributed by atoms with Gasteiger partial charge in [0.05, 0.1) is 24.8 Å². The van der Waals surface area contributed by atoms with Gasteiger partial charge in [-0.1, -0.05) is 12.1 Å². The maximum atomic E-state index is 12.6. The number of benzene rings is 2. The maximum absolute atomic E-state index is 12.6. The number of sulfonamides is 1. The smallest absolute Gasteiger partial charge is 0.313 e. The monoisotopic (exact) mass is 447 g/mol. The number of hydrogen-bond acceptors (Lipinski definition) is 6. The summed E-state index contributed by atoms with van der Waals surface area (Å²) in [6.07, 6.45) is 1.74. The molecule has 2 aromatic rings. The Labute approximate surface area is 181 Å². The topological polar surface area (TPSA) is 114 Å². The van der Waals surface area contributed by atoms with Crippen LogP contribution in [0.3, 0.4) is 0 Å². The summed E-state index contributed by atoms with van der Waals surface area (Å²) in [4.78, 5) is 24.6. The number of rotatable bonds is 7. The molecule has 0 unspecified atom stereocenters. The fraction of sp³-hybridized carbons (Fsp3) is 0.333. The van der Waals surface area contributed by atoms with Crippen molar-refractivity contribution in [3.8, 4) is 11.5 Å². The number of carbonyl (C=O) groups is 2. The van der Waals surface area contributed by atoms with E-state index in [4.69, 9.17) is 9.47 Å². The SMILES string of the molecule is COc1ccc(OC)c(NC(=O)C(=O)NCc2ccc(S(=O)(=O)N3CCCC3)cc2)c1. The maximum Gasteiger partial charge on any atom is 0.313 e. The van der Waals surface area contributed by atoms with Crippen molar-refractivity contribution in [1.29, 1.82) is 0 Å². The molecule has 1 saturated heterocycles. The molecule has 0 radical (unpaired) electrons. The van der Waals surface area contributed by atoms with Gasteiger partial charge in [-0.15, -0.1) is 0 Å². The van der Waals surface area contributed by atoms with E-state index < -0.39 is 21.8 Å². The van der Waals surface area contributed by atoms with E-state index in [1.54, 1.807) is 30.3 Å². The highest BCUT2D eigenvalue weighted by Gasteiger charge is 2.27. The molecule has 0 spiro atoms. The molecule has 10 heteroatoms. The summed E-state index contributed by atoms with van der Waals surface area (Å²) in [5, 5.41) is 5.01. The Morgan fingerprint density at radius 1 is 0.968 bits per heavy atom. The summed E-state index contributed by atoms with van der Waals surface area (Å²) in [7, 11) is -0.550. The van der Waals surface area contributed by atoms with Gasteiger partial charge in [0.1, 0.15) is 11.5 Å². The predicted octanol–water partition coefficient (Wildman–Crippen LogP) is 1.74. The van der Waals surface area contributed by atoms with E-state index in [1.807, 2.05) is 0 Å². The molecule has 0 aromatic heterocycles. The number of nitrogens with zero attached hydrogens (tertiary/aromatic N) is 1. The van der Waals surface area contributed by atoms with Gasteiger partial charge in [-0.05, 0) is 42.7 Å². The summed E-state index contributed by atoms with van der Waals surface area (Å²) in [6.45, 7) is 1.15. The lowest BCUT2D eigenvalue weighted by atomic mass is 10.2. The number of anilines is 1. The Kier molecular flexibility index (Phi) is 7.13. The van der Waals surface area contributed by atoms with Crippen molar-refractivity contribution < 1.29 is 27.5 Å². The molecule has 31 heavy (non-hydrogen) atoms. The average Bonchev–Trinajstić information content (AvgIpc) is 3.33. The number of carbonyl (C=O) groups excluding carboxylic acids is 2. The third-order valence-corrected chi connectivity index (χ3v) is 6.85. The molecular weight excluding hydrogens is 422 g/mol. The van der Waals surface area contributed by atoms with Gasteiger partial charge in [0.2, 0.25) is 10.0 Å². The van der Waals surface area contributed by atoms with Crippen LogP contribution in [0.15, 0.2) is 47.4 Å². The quantitative estimate of drug-likeness (QED) is 0.625. The molecule has 0 bridgehead atoms. The number of hydrogen-bond donors (Lipinski definition) is 2. The van der Waals surface area contributed by atoms with Crippen LogP contribution in [0.5, 0.6) is 11.5 Å². The van der Waals surface area contributed by atoms with E-state index in [1.165, 1.54) is 30.7 Å². The molecule has 0 atom stereocenters. The lowest BCUT2D eigenvalue weighted by Gasteiger charge is -2.15.